The number of hydrogen-bond donors (Lipinski definition) is 1. The van der Waals surface area contributed by atoms with Gasteiger partial charge in [0.15, 0.2) is 0 Å². The number of sulfonamides is 2. The van der Waals surface area contributed by atoms with Crippen molar-refractivity contribution in [3.05, 3.63) is 53.1 Å². The van der Waals surface area contributed by atoms with Crippen molar-refractivity contribution in [2.45, 2.75) is 38.5 Å². The fourth-order valence-corrected chi connectivity index (χ4v) is 6.29. The molecule has 8 heteroatoms. The molecular weight excluding hydrogens is 384 g/mol. The molecule has 0 atom stereocenters. The van der Waals surface area contributed by atoms with Crippen molar-refractivity contribution < 1.29 is 16.8 Å². The lowest BCUT2D eigenvalue weighted by Gasteiger charge is -2.28. The van der Waals surface area contributed by atoms with Crippen molar-refractivity contribution in [1.29, 1.82) is 0 Å². The second-order valence-electron chi connectivity index (χ2n) is 7.03. The van der Waals surface area contributed by atoms with Crippen LogP contribution in [0.2, 0.25) is 0 Å². The summed E-state index contributed by atoms with van der Waals surface area (Å²) >= 11 is 0. The van der Waals surface area contributed by atoms with Gasteiger partial charge in [-0.3, -0.25) is 9.03 Å². The van der Waals surface area contributed by atoms with Crippen LogP contribution in [0.4, 0.5) is 11.4 Å². The molecule has 1 saturated heterocycles. The van der Waals surface area contributed by atoms with Gasteiger partial charge in [0.2, 0.25) is 10.0 Å². The highest BCUT2D eigenvalue weighted by atomic mass is 32.2. The summed E-state index contributed by atoms with van der Waals surface area (Å²) in [5.74, 6) is 0.0871. The molecule has 0 aromatic heterocycles. The lowest BCUT2D eigenvalue weighted by Crippen LogP contribution is -2.38. The minimum absolute atomic E-state index is 0.0833. The van der Waals surface area contributed by atoms with Crippen LogP contribution in [0.3, 0.4) is 0 Å². The smallest absolute Gasteiger partial charge is 0.262 e. The average molecular weight is 409 g/mol. The normalized spacial score (nSPS) is 16.9. The van der Waals surface area contributed by atoms with Crippen LogP contribution in [0.25, 0.3) is 0 Å². The summed E-state index contributed by atoms with van der Waals surface area (Å²) in [6.45, 7) is 5.87. The Morgan fingerprint density at radius 2 is 1.63 bits per heavy atom. The first kappa shape index (κ1) is 19.7. The van der Waals surface area contributed by atoms with Crippen LogP contribution in [-0.2, 0) is 20.0 Å². The summed E-state index contributed by atoms with van der Waals surface area (Å²) in [4.78, 5) is 0.0833. The Balaban J connectivity index is 2.00. The van der Waals surface area contributed by atoms with Gasteiger partial charge in [0.05, 0.1) is 16.3 Å². The Kier molecular flexibility index (Phi) is 5.22. The molecule has 1 heterocycles. The van der Waals surface area contributed by atoms with Gasteiger partial charge in [0.1, 0.15) is 0 Å². The van der Waals surface area contributed by atoms with E-state index in [9.17, 15) is 16.8 Å². The maximum atomic E-state index is 13.0. The molecule has 0 bridgehead atoms. The molecule has 1 fully saturated rings. The van der Waals surface area contributed by atoms with E-state index in [1.54, 1.807) is 31.2 Å². The molecule has 1 aliphatic rings. The van der Waals surface area contributed by atoms with Crippen LogP contribution in [-0.4, -0.2) is 29.1 Å². The molecule has 0 spiro atoms. The van der Waals surface area contributed by atoms with E-state index >= 15 is 0 Å². The highest BCUT2D eigenvalue weighted by Crippen LogP contribution is 2.29. The van der Waals surface area contributed by atoms with Crippen LogP contribution in [0.1, 0.15) is 29.5 Å². The molecule has 0 aliphatic carbocycles. The Morgan fingerprint density at radius 1 is 0.963 bits per heavy atom. The molecule has 0 saturated carbocycles. The maximum Gasteiger partial charge on any atom is 0.262 e. The van der Waals surface area contributed by atoms with E-state index in [4.69, 9.17) is 0 Å². The molecule has 1 N–H and O–H groups in total. The number of hydrogen-bond acceptors (Lipinski definition) is 4. The third kappa shape index (κ3) is 4.27. The van der Waals surface area contributed by atoms with Crippen molar-refractivity contribution in [1.82, 2.24) is 0 Å². The first-order valence-electron chi connectivity index (χ1n) is 8.81. The van der Waals surface area contributed by atoms with Gasteiger partial charge in [-0.05, 0) is 74.6 Å². The van der Waals surface area contributed by atoms with E-state index in [1.165, 1.54) is 10.4 Å². The van der Waals surface area contributed by atoms with Gasteiger partial charge in [-0.2, -0.15) is 0 Å². The van der Waals surface area contributed by atoms with Gasteiger partial charge in [-0.25, -0.2) is 16.8 Å². The summed E-state index contributed by atoms with van der Waals surface area (Å²) in [5, 5.41) is 0. The van der Waals surface area contributed by atoms with E-state index in [0.717, 1.165) is 17.5 Å². The zero-order chi connectivity index (χ0) is 19.8. The summed E-state index contributed by atoms with van der Waals surface area (Å²) < 4.78 is 54.6. The fourth-order valence-electron chi connectivity index (χ4n) is 3.36. The summed E-state index contributed by atoms with van der Waals surface area (Å²) in [6.07, 6.45) is 1.39. The second kappa shape index (κ2) is 7.16. The summed E-state index contributed by atoms with van der Waals surface area (Å²) in [5.41, 5.74) is 3.35. The van der Waals surface area contributed by atoms with Gasteiger partial charge in [0.25, 0.3) is 10.0 Å². The third-order valence-electron chi connectivity index (χ3n) is 4.57. The molecular formula is C19H24N2O4S2. The summed E-state index contributed by atoms with van der Waals surface area (Å²) in [6, 6.07) is 10.2. The van der Waals surface area contributed by atoms with Crippen molar-refractivity contribution >= 4 is 31.4 Å². The molecule has 0 unspecified atom stereocenters. The Morgan fingerprint density at radius 3 is 2.26 bits per heavy atom. The molecule has 2 aromatic rings. The number of nitrogens with one attached hydrogen (secondary N) is 1. The van der Waals surface area contributed by atoms with Crippen LogP contribution in [0.5, 0.6) is 0 Å². The largest absolute Gasteiger partial charge is 0.280 e. The SMILES string of the molecule is Cc1cc(C)cc(NS(=O)(=O)c2cc(N3CCCCS3(=O)=O)ccc2C)c1. The molecule has 2 aromatic carbocycles. The van der Waals surface area contributed by atoms with Crippen LogP contribution in [0, 0.1) is 20.8 Å². The van der Waals surface area contributed by atoms with E-state index in [1.807, 2.05) is 19.9 Å². The zero-order valence-electron chi connectivity index (χ0n) is 15.7. The lowest BCUT2D eigenvalue weighted by molar-refractivity contribution is 0.574. The zero-order valence-corrected chi connectivity index (χ0v) is 17.3. The number of aryl methyl sites for hydroxylation is 3. The Bertz CT molecular complexity index is 1060. The first-order valence-corrected chi connectivity index (χ1v) is 11.9. The van der Waals surface area contributed by atoms with Crippen molar-refractivity contribution in [2.75, 3.05) is 21.3 Å². The maximum absolute atomic E-state index is 13.0. The molecule has 3 rings (SSSR count). The van der Waals surface area contributed by atoms with Crippen LogP contribution in [0.15, 0.2) is 41.3 Å². The monoisotopic (exact) mass is 408 g/mol. The van der Waals surface area contributed by atoms with Crippen molar-refractivity contribution in [3.8, 4) is 0 Å². The number of nitrogens with zero attached hydrogens (tertiary/aromatic N) is 1. The Hall–Kier alpha value is -2.06. The van der Waals surface area contributed by atoms with Crippen molar-refractivity contribution in [2.24, 2.45) is 0 Å². The third-order valence-corrected chi connectivity index (χ3v) is 7.97. The number of benzene rings is 2. The lowest BCUT2D eigenvalue weighted by atomic mass is 10.1. The molecule has 0 amide bonds. The highest BCUT2D eigenvalue weighted by molar-refractivity contribution is 7.93. The molecule has 1 aliphatic heterocycles. The topological polar surface area (TPSA) is 83.6 Å². The highest BCUT2D eigenvalue weighted by Gasteiger charge is 2.28. The second-order valence-corrected chi connectivity index (χ2v) is 10.7. The predicted octanol–water partition coefficient (Wildman–Crippen LogP) is 3.34. The molecule has 0 radical (unpaired) electrons. The first-order chi connectivity index (χ1) is 12.6. The fraction of sp³-hybridized carbons (Fsp3) is 0.368. The average Bonchev–Trinajstić information content (AvgIpc) is 2.53. The summed E-state index contributed by atoms with van der Waals surface area (Å²) in [7, 11) is -7.25. The van der Waals surface area contributed by atoms with Gasteiger partial charge >= 0.3 is 0 Å². The predicted molar refractivity (Wildman–Crippen MR) is 108 cm³/mol. The van der Waals surface area contributed by atoms with E-state index in [0.29, 0.717) is 29.9 Å². The van der Waals surface area contributed by atoms with E-state index in [-0.39, 0.29) is 10.6 Å². The van der Waals surface area contributed by atoms with Gasteiger partial charge in [-0.1, -0.05) is 12.1 Å². The standard InChI is InChI=1S/C19H24N2O4S2/c1-14-10-15(2)12-17(11-14)20-27(24,25)19-13-18(7-6-16(19)3)21-8-4-5-9-26(21,22)23/h6-7,10-13,20H,4-5,8-9H2,1-3H3. The van der Waals surface area contributed by atoms with Crippen LogP contribution >= 0.6 is 0 Å². The van der Waals surface area contributed by atoms with E-state index < -0.39 is 20.0 Å². The number of rotatable bonds is 4. The minimum Gasteiger partial charge on any atom is -0.280 e. The molecule has 6 nitrogen and oxygen atoms in total. The van der Waals surface area contributed by atoms with Gasteiger partial charge < -0.3 is 0 Å². The molecule has 146 valence electrons. The van der Waals surface area contributed by atoms with E-state index in [2.05, 4.69) is 4.72 Å². The number of anilines is 2. The minimum atomic E-state index is -3.85. The van der Waals surface area contributed by atoms with Gasteiger partial charge in [0, 0.05) is 12.2 Å². The Labute approximate surface area is 161 Å². The van der Waals surface area contributed by atoms with Gasteiger partial charge in [-0.15, -0.1) is 0 Å². The molecule has 27 heavy (non-hydrogen) atoms. The quantitative estimate of drug-likeness (QED) is 0.841. The van der Waals surface area contributed by atoms with Crippen molar-refractivity contribution in [3.63, 3.8) is 0 Å². The van der Waals surface area contributed by atoms with Crippen LogP contribution < -0.4 is 9.03 Å².